The van der Waals surface area contributed by atoms with Crippen molar-refractivity contribution in [2.45, 2.75) is 138 Å². The Morgan fingerprint density at radius 2 is 1.53 bits per heavy atom. The van der Waals surface area contributed by atoms with Crippen molar-refractivity contribution in [2.24, 2.45) is 17.8 Å². The fourth-order valence-corrected chi connectivity index (χ4v) is 15.1. The summed E-state index contributed by atoms with van der Waals surface area (Å²) in [6, 6.07) is 34.8. The van der Waals surface area contributed by atoms with E-state index in [-0.39, 0.29) is 66.8 Å². The van der Waals surface area contributed by atoms with Crippen molar-refractivity contribution in [1.29, 1.82) is 0 Å². The van der Waals surface area contributed by atoms with Crippen LogP contribution < -0.4 is 15.4 Å². The number of anilines is 1. The predicted molar refractivity (Wildman–Crippen MR) is 337 cm³/mol. The smallest absolute Gasteiger partial charge is 0.163 e. The molecule has 0 saturated heterocycles. The Labute approximate surface area is 508 Å². The number of carbonyl (C=O) groups is 2. The number of ether oxygens (including phenoxy) is 1. The van der Waals surface area contributed by atoms with Crippen molar-refractivity contribution in [1.82, 2.24) is 15.3 Å². The average molecular weight is 1170 g/mol. The molecular weight excluding hydrogens is 1090 g/mol. The molecule has 0 amide bonds. The van der Waals surface area contributed by atoms with Gasteiger partial charge < -0.3 is 56.0 Å². The van der Waals surface area contributed by atoms with Crippen LogP contribution in [0.5, 0.6) is 17.2 Å². The molecule has 5 heterocycles. The number of aliphatic hydroxyl groups is 4. The number of phenols is 2. The summed E-state index contributed by atoms with van der Waals surface area (Å²) in [7, 11) is 0. The van der Waals surface area contributed by atoms with E-state index in [1.54, 1.807) is 36.4 Å². The number of aryl methyl sites for hydroxylation is 4. The molecule has 5 aromatic carbocycles. The Balaban J connectivity index is 1.06. The molecule has 13 rings (SSSR count). The Kier molecular flexibility index (Phi) is 16.7. The highest BCUT2D eigenvalue weighted by Crippen LogP contribution is 2.50. The van der Waals surface area contributed by atoms with Crippen LogP contribution in [-0.4, -0.2) is 95.7 Å². The van der Waals surface area contributed by atoms with Crippen LogP contribution in [0.3, 0.4) is 0 Å². The number of Topliss-reactive ketones (excluding diaryl/α,β-unsaturated/α-hetero) is 2. The Hall–Kier alpha value is -7.96. The zero-order valence-electron chi connectivity index (χ0n) is 49.1. The third-order valence-electron chi connectivity index (χ3n) is 19.7. The van der Waals surface area contributed by atoms with Crippen molar-refractivity contribution in [2.75, 3.05) is 25.0 Å². The maximum atomic E-state index is 16.4. The summed E-state index contributed by atoms with van der Waals surface area (Å²) in [6.45, 7) is 0.507. The Morgan fingerprint density at radius 1 is 0.713 bits per heavy atom. The highest BCUT2D eigenvalue weighted by atomic mass is 16.5. The number of nitrogens with one attached hydrogen (secondary N) is 4. The molecule has 1 fully saturated rings. The van der Waals surface area contributed by atoms with Crippen LogP contribution in [0.1, 0.15) is 149 Å². The molecule has 13 nitrogen and oxygen atoms in total. The second-order valence-corrected chi connectivity index (χ2v) is 25.2. The van der Waals surface area contributed by atoms with Gasteiger partial charge in [-0.25, -0.2) is 0 Å². The van der Waals surface area contributed by atoms with Gasteiger partial charge in [0.2, 0.25) is 0 Å². The number of ketones is 2. The average Bonchev–Trinajstić information content (AvgIpc) is 1.81. The molecule has 10 N–H and O–H groups in total. The highest BCUT2D eigenvalue weighted by molar-refractivity contribution is 6.05. The van der Waals surface area contributed by atoms with Crippen molar-refractivity contribution >= 4 is 29.5 Å². The number of hydrogen-bond donors (Lipinski definition) is 10. The number of hydrogen-bond acceptors (Lipinski definition) is 11. The summed E-state index contributed by atoms with van der Waals surface area (Å²) in [5.74, 6) is 3.07. The van der Waals surface area contributed by atoms with Crippen LogP contribution in [0.15, 0.2) is 133 Å². The van der Waals surface area contributed by atoms with E-state index in [1.165, 1.54) is 0 Å². The van der Waals surface area contributed by atoms with E-state index in [9.17, 15) is 30.6 Å². The zero-order valence-corrected chi connectivity index (χ0v) is 49.1. The first-order valence-electron chi connectivity index (χ1n) is 31.5. The number of aromatic hydroxyl groups is 2. The molecule has 6 aliphatic rings. The first-order chi connectivity index (χ1) is 42.4. The number of aromatic nitrogens is 2. The largest absolute Gasteiger partial charge is 0.507 e. The first kappa shape index (κ1) is 58.1. The normalized spacial score (nSPS) is 25.5. The summed E-state index contributed by atoms with van der Waals surface area (Å²) in [5, 5.41) is 82.1. The van der Waals surface area contributed by atoms with Crippen LogP contribution in [0.25, 0.3) is 23.3 Å². The van der Waals surface area contributed by atoms with Gasteiger partial charge in [-0.15, -0.1) is 0 Å². The lowest BCUT2D eigenvalue weighted by atomic mass is 9.65. The van der Waals surface area contributed by atoms with Gasteiger partial charge in [-0.1, -0.05) is 103 Å². The molecule has 8 bridgehead atoms. The first-order valence-corrected chi connectivity index (χ1v) is 31.5. The highest BCUT2D eigenvalue weighted by Gasteiger charge is 2.47. The van der Waals surface area contributed by atoms with Crippen molar-refractivity contribution in [3.63, 3.8) is 0 Å². The minimum Gasteiger partial charge on any atom is -0.507 e. The van der Waals surface area contributed by atoms with Crippen LogP contribution >= 0.6 is 0 Å². The van der Waals surface area contributed by atoms with Crippen molar-refractivity contribution < 1.29 is 45.0 Å². The molecular formula is C74H78N4O9. The molecule has 7 aromatic rings. The lowest BCUT2D eigenvalue weighted by Crippen LogP contribution is -2.43. The molecule has 0 unspecified atom stereocenters. The summed E-state index contributed by atoms with van der Waals surface area (Å²) in [4.78, 5) is 38.7. The molecule has 0 radical (unpaired) electrons. The van der Waals surface area contributed by atoms with E-state index in [0.717, 1.165) is 87.9 Å². The third-order valence-corrected chi connectivity index (χ3v) is 19.7. The van der Waals surface area contributed by atoms with E-state index in [0.29, 0.717) is 73.3 Å². The van der Waals surface area contributed by atoms with Crippen LogP contribution in [0.2, 0.25) is 0 Å². The number of aliphatic hydroxyl groups excluding tert-OH is 3. The molecule has 3 aliphatic carbocycles. The minimum absolute atomic E-state index is 0.0620. The number of aromatic amines is 2. The molecule has 1 saturated carbocycles. The molecule has 87 heavy (non-hydrogen) atoms. The van der Waals surface area contributed by atoms with Gasteiger partial charge in [0.15, 0.2) is 17.3 Å². The Bertz CT molecular complexity index is 3820. The summed E-state index contributed by atoms with van der Waals surface area (Å²) < 4.78 is 6.67. The van der Waals surface area contributed by atoms with Crippen LogP contribution in [0, 0.1) is 29.6 Å². The number of H-pyrrole nitrogens is 2. The quantitative estimate of drug-likeness (QED) is 0.0484. The molecule has 9 atom stereocenters. The van der Waals surface area contributed by atoms with Gasteiger partial charge in [0, 0.05) is 73.0 Å². The molecule has 2 aromatic heterocycles. The van der Waals surface area contributed by atoms with E-state index >= 15 is 9.59 Å². The van der Waals surface area contributed by atoms with Crippen molar-refractivity contribution in [3.8, 4) is 40.2 Å². The van der Waals surface area contributed by atoms with Gasteiger partial charge in [0.25, 0.3) is 0 Å². The number of benzene rings is 5. The molecule has 448 valence electrons. The summed E-state index contributed by atoms with van der Waals surface area (Å²) >= 11 is 0. The lowest BCUT2D eigenvalue weighted by Gasteiger charge is -2.39. The second kappa shape index (κ2) is 25.0. The lowest BCUT2D eigenvalue weighted by molar-refractivity contribution is -0.135. The van der Waals surface area contributed by atoms with Gasteiger partial charge >= 0.3 is 0 Å². The number of carbonyl (C=O) groups excluding carboxylic acids is 2. The van der Waals surface area contributed by atoms with Crippen LogP contribution in [0.4, 0.5) is 5.82 Å². The minimum atomic E-state index is -1.49. The monoisotopic (exact) mass is 1170 g/mol. The van der Waals surface area contributed by atoms with Gasteiger partial charge in [-0.05, 0) is 193 Å². The summed E-state index contributed by atoms with van der Waals surface area (Å²) in [5.41, 5.74) is 10.1. The van der Waals surface area contributed by atoms with Crippen molar-refractivity contribution in [3.05, 3.63) is 200 Å². The number of fused-ring (bicyclic) bond motifs is 14. The predicted octanol–water partition coefficient (Wildman–Crippen LogP) is 11.1. The molecule has 13 heteroatoms. The van der Waals surface area contributed by atoms with Gasteiger partial charge in [0.1, 0.15) is 29.5 Å². The van der Waals surface area contributed by atoms with Gasteiger partial charge in [-0.2, -0.15) is 0 Å². The number of phenolic OH excluding ortho intramolecular Hbond substituents is 2. The van der Waals surface area contributed by atoms with E-state index in [4.69, 9.17) is 4.74 Å². The second-order valence-electron chi connectivity index (χ2n) is 25.2. The standard InChI is InChI=1S/C74H78N4O9/c79-35-29-56-66(81)24-20-45-36-61(71(84)67(37-45)87-51-15-5-6-16-51)70(83)59-39-50-38-48-27-33-77-73(48)78-63(60-41-64-54(28-34-76-64)62(68(60)72(56)85)42-74(86)30-25-47-13-8-18-65(80)53(47)26-31-74)23-21-49-43-75-32-9-14-46-12-4-7-17-52(46)58(59)40-57(50)55(69(49)82)22-19-44-10-2-1-3-11-44/h1-4,7-8,10-13,17-18,26-28,31,33-34,36-37,39-41,49,51,55-56,62-63,68-70,75-80,82-84,86H,5-6,9,14-16,19-20,22,24-25,29-30,32,35,38,42-43H2/t49-,55+,56+,62-,63-,68-,69-,70+,74+/m0/s1. The fraction of sp³-hybridized carbons (Fsp3) is 0.378. The SMILES string of the molecule is O=C1CCc2cc(OC3CCCC3)c(O)c(c2)[C@H](O)c2cc3c4cc2-c2ccccc2CCCNC[C@H](C#C[C@H](Nc2[nH]ccc2C3)C2=Cc3[nH]ccc3[C@H](C[C@]3(O)C=Cc5c(O)cccc5CC3)[C@H]2C(=O)[C@@H]1CCO)[C@H](O)[C@@H]4CCc1ccccc1. The third kappa shape index (κ3) is 11.9. The zero-order chi connectivity index (χ0) is 59.8. The van der Waals surface area contributed by atoms with Gasteiger partial charge in [0.05, 0.1) is 29.6 Å². The van der Waals surface area contributed by atoms with E-state index < -0.39 is 65.8 Å². The van der Waals surface area contributed by atoms with E-state index in [2.05, 4.69) is 68.8 Å². The Morgan fingerprint density at radius 3 is 2.38 bits per heavy atom. The van der Waals surface area contributed by atoms with Crippen LogP contribution in [-0.2, 0) is 41.7 Å². The topological polar surface area (TPSA) is 220 Å². The molecule has 3 aliphatic heterocycles. The molecule has 0 spiro atoms. The van der Waals surface area contributed by atoms with Gasteiger partial charge in [-0.3, -0.25) is 9.59 Å². The maximum absolute atomic E-state index is 16.4. The summed E-state index contributed by atoms with van der Waals surface area (Å²) in [6.07, 6.45) is 13.8. The van der Waals surface area contributed by atoms with E-state index in [1.807, 2.05) is 67.0 Å². The fourth-order valence-electron chi connectivity index (χ4n) is 15.1. The maximum Gasteiger partial charge on any atom is 0.163 e. The number of rotatable bonds is 9.